The van der Waals surface area contributed by atoms with Gasteiger partial charge in [-0.1, -0.05) is 72.8 Å². The van der Waals surface area contributed by atoms with E-state index in [4.69, 9.17) is 0 Å². The maximum absolute atomic E-state index is 4.64. The molecule has 23 heavy (non-hydrogen) atoms. The minimum atomic E-state index is 1.12. The molecule has 0 N–H and O–H groups in total. The Morgan fingerprint density at radius 2 is 1.22 bits per heavy atom. The Bertz CT molecular complexity index is 955. The molecule has 0 spiro atoms. The highest BCUT2D eigenvalue weighted by Crippen LogP contribution is 2.28. The summed E-state index contributed by atoms with van der Waals surface area (Å²) >= 11 is 0. The van der Waals surface area contributed by atoms with E-state index < -0.39 is 0 Å². The lowest BCUT2D eigenvalue weighted by atomic mass is 10.2. The van der Waals surface area contributed by atoms with Crippen molar-refractivity contribution in [1.29, 1.82) is 0 Å². The van der Waals surface area contributed by atoms with Crippen LogP contribution in [-0.2, 0) is 0 Å². The molecular weight excluding hydrogens is 280 g/mol. The second-order valence-electron chi connectivity index (χ2n) is 5.38. The molecule has 0 atom stereocenters. The van der Waals surface area contributed by atoms with Crippen molar-refractivity contribution in [3.05, 3.63) is 90.5 Å². The van der Waals surface area contributed by atoms with E-state index >= 15 is 0 Å². The van der Waals surface area contributed by atoms with Crippen molar-refractivity contribution in [2.24, 2.45) is 5.10 Å². The number of rotatable bonds is 3. The third-order valence-corrected chi connectivity index (χ3v) is 3.91. The molecule has 0 fully saturated rings. The fourth-order valence-corrected chi connectivity index (χ4v) is 2.85. The molecule has 0 radical (unpaired) electrons. The van der Waals surface area contributed by atoms with Gasteiger partial charge in [0, 0.05) is 17.0 Å². The average Bonchev–Trinajstić information content (AvgIpc) is 2.94. The van der Waals surface area contributed by atoms with E-state index in [-0.39, 0.29) is 0 Å². The normalized spacial score (nSPS) is 12.0. The molecule has 110 valence electrons. The molecule has 1 heterocycles. The summed E-state index contributed by atoms with van der Waals surface area (Å²) in [5.74, 6) is 0. The summed E-state index contributed by atoms with van der Waals surface area (Å²) in [5.41, 5.74) is 3.41. The molecule has 0 unspecified atom stereocenters. The van der Waals surface area contributed by atoms with Crippen LogP contribution in [0.2, 0.25) is 0 Å². The first-order valence-corrected chi connectivity index (χ1v) is 7.68. The van der Waals surface area contributed by atoms with Gasteiger partial charge in [-0.05, 0) is 23.8 Å². The zero-order valence-corrected chi connectivity index (χ0v) is 12.6. The van der Waals surface area contributed by atoms with Crippen LogP contribution in [0.25, 0.3) is 27.9 Å². The number of para-hydroxylation sites is 2. The first-order chi connectivity index (χ1) is 11.4. The Morgan fingerprint density at radius 1 is 0.652 bits per heavy atom. The Hall–Kier alpha value is -3.13. The number of nitrogens with zero attached hydrogens (tertiary/aromatic N) is 2. The Balaban J connectivity index is 1.76. The van der Waals surface area contributed by atoms with Gasteiger partial charge in [-0.25, -0.2) is 4.68 Å². The number of hydrogen-bond acceptors (Lipinski definition) is 1. The highest BCUT2D eigenvalue weighted by atomic mass is 15.3. The van der Waals surface area contributed by atoms with E-state index in [1.807, 2.05) is 47.3 Å². The van der Waals surface area contributed by atoms with Crippen LogP contribution >= 0.6 is 0 Å². The van der Waals surface area contributed by atoms with Crippen molar-refractivity contribution in [3.8, 4) is 0 Å². The first-order valence-electron chi connectivity index (χ1n) is 7.68. The van der Waals surface area contributed by atoms with Gasteiger partial charge in [-0.2, -0.15) is 5.10 Å². The Kier molecular flexibility index (Phi) is 3.49. The molecular formula is C21H16N2. The quantitative estimate of drug-likeness (QED) is 0.454. The number of fused-ring (bicyclic) bond motifs is 3. The van der Waals surface area contributed by atoms with E-state index in [1.54, 1.807) is 0 Å². The zero-order chi connectivity index (χ0) is 15.5. The number of aromatic nitrogens is 1. The van der Waals surface area contributed by atoms with Crippen molar-refractivity contribution >= 4 is 34.1 Å². The Labute approximate surface area is 135 Å². The predicted octanol–water partition coefficient (Wildman–Crippen LogP) is 5.34. The molecule has 0 amide bonds. The molecule has 2 nitrogen and oxygen atoms in total. The summed E-state index contributed by atoms with van der Waals surface area (Å²) in [5, 5.41) is 7.10. The van der Waals surface area contributed by atoms with Crippen LogP contribution in [0, 0.1) is 0 Å². The van der Waals surface area contributed by atoms with Crippen molar-refractivity contribution in [2.45, 2.75) is 0 Å². The monoisotopic (exact) mass is 296 g/mol. The summed E-state index contributed by atoms with van der Waals surface area (Å²) in [4.78, 5) is 0. The van der Waals surface area contributed by atoms with E-state index in [9.17, 15) is 0 Å². The average molecular weight is 296 g/mol. The summed E-state index contributed by atoms with van der Waals surface area (Å²) in [6.45, 7) is 0. The molecule has 0 saturated carbocycles. The van der Waals surface area contributed by atoms with E-state index in [1.165, 1.54) is 16.3 Å². The first kappa shape index (κ1) is 13.5. The van der Waals surface area contributed by atoms with E-state index in [0.29, 0.717) is 0 Å². The van der Waals surface area contributed by atoms with E-state index in [0.717, 1.165) is 11.0 Å². The lowest BCUT2D eigenvalue weighted by molar-refractivity contribution is 0.976. The standard InChI is InChI=1S/C21H16N2/c1-2-9-17(10-3-1)11-8-16-22-23-20-14-6-4-12-18(20)19-13-5-7-15-21(19)23/h1-16H. The highest BCUT2D eigenvalue weighted by Gasteiger charge is 2.07. The maximum atomic E-state index is 4.64. The minimum absolute atomic E-state index is 1.12. The van der Waals surface area contributed by atoms with E-state index in [2.05, 4.69) is 59.7 Å². The molecule has 4 aromatic rings. The van der Waals surface area contributed by atoms with Crippen molar-refractivity contribution in [1.82, 2.24) is 4.68 Å². The predicted molar refractivity (Wildman–Crippen MR) is 98.8 cm³/mol. The third-order valence-electron chi connectivity index (χ3n) is 3.91. The van der Waals surface area contributed by atoms with Crippen LogP contribution in [-0.4, -0.2) is 10.9 Å². The minimum Gasteiger partial charge on any atom is -0.233 e. The van der Waals surface area contributed by atoms with Gasteiger partial charge in [0.25, 0.3) is 0 Å². The third kappa shape index (κ3) is 2.55. The summed E-state index contributed by atoms with van der Waals surface area (Å²) in [7, 11) is 0. The SMILES string of the molecule is C(=Cc1ccccc1)C=Nn1c2ccccc2c2ccccc21. The Morgan fingerprint density at radius 3 is 1.87 bits per heavy atom. The fourth-order valence-electron chi connectivity index (χ4n) is 2.85. The van der Waals surface area contributed by atoms with Gasteiger partial charge in [-0.3, -0.25) is 0 Å². The van der Waals surface area contributed by atoms with Crippen LogP contribution in [0.15, 0.2) is 90.0 Å². The molecule has 0 aliphatic rings. The van der Waals surface area contributed by atoms with Gasteiger partial charge < -0.3 is 0 Å². The lowest BCUT2D eigenvalue weighted by Crippen LogP contribution is -1.87. The van der Waals surface area contributed by atoms with Gasteiger partial charge in [0.15, 0.2) is 0 Å². The fraction of sp³-hybridized carbons (Fsp3) is 0. The van der Waals surface area contributed by atoms with Gasteiger partial charge in [0.05, 0.1) is 11.0 Å². The van der Waals surface area contributed by atoms with Crippen LogP contribution in [0.5, 0.6) is 0 Å². The van der Waals surface area contributed by atoms with Crippen LogP contribution in [0.4, 0.5) is 0 Å². The summed E-state index contributed by atoms with van der Waals surface area (Å²) < 4.78 is 2.00. The molecule has 3 aromatic carbocycles. The van der Waals surface area contributed by atoms with Gasteiger partial charge >= 0.3 is 0 Å². The molecule has 0 aliphatic heterocycles. The van der Waals surface area contributed by atoms with Crippen LogP contribution < -0.4 is 0 Å². The van der Waals surface area contributed by atoms with Gasteiger partial charge in [0.2, 0.25) is 0 Å². The molecule has 0 saturated heterocycles. The molecule has 0 bridgehead atoms. The smallest absolute Gasteiger partial charge is 0.0732 e. The summed E-state index contributed by atoms with van der Waals surface area (Å²) in [6, 6.07) is 27.0. The van der Waals surface area contributed by atoms with Crippen molar-refractivity contribution < 1.29 is 0 Å². The molecule has 4 rings (SSSR count). The highest BCUT2D eigenvalue weighted by molar-refractivity contribution is 6.08. The van der Waals surface area contributed by atoms with Gasteiger partial charge in [0.1, 0.15) is 0 Å². The van der Waals surface area contributed by atoms with Gasteiger partial charge in [-0.15, -0.1) is 0 Å². The molecule has 1 aromatic heterocycles. The zero-order valence-electron chi connectivity index (χ0n) is 12.6. The number of allylic oxidation sites excluding steroid dienone is 1. The lowest BCUT2D eigenvalue weighted by Gasteiger charge is -1.98. The number of hydrogen-bond donors (Lipinski definition) is 0. The second kappa shape index (κ2) is 5.93. The largest absolute Gasteiger partial charge is 0.233 e. The number of benzene rings is 3. The van der Waals surface area contributed by atoms with Crippen molar-refractivity contribution in [2.75, 3.05) is 0 Å². The van der Waals surface area contributed by atoms with Crippen LogP contribution in [0.3, 0.4) is 0 Å². The topological polar surface area (TPSA) is 17.3 Å². The molecule has 0 aliphatic carbocycles. The van der Waals surface area contributed by atoms with Crippen LogP contribution in [0.1, 0.15) is 5.56 Å². The maximum Gasteiger partial charge on any atom is 0.0732 e. The second-order valence-corrected chi connectivity index (χ2v) is 5.38. The summed E-state index contributed by atoms with van der Waals surface area (Å²) in [6.07, 6.45) is 5.86. The molecule has 2 heteroatoms. The van der Waals surface area contributed by atoms with Crippen molar-refractivity contribution in [3.63, 3.8) is 0 Å².